The molecule has 0 radical (unpaired) electrons. The summed E-state index contributed by atoms with van der Waals surface area (Å²) >= 11 is 0. The van der Waals surface area contributed by atoms with E-state index in [9.17, 15) is 4.79 Å². The molecule has 0 saturated heterocycles. The summed E-state index contributed by atoms with van der Waals surface area (Å²) in [6, 6.07) is 0. The first kappa shape index (κ1) is 15.0. The van der Waals surface area contributed by atoms with Gasteiger partial charge in [-0.2, -0.15) is 0 Å². The lowest BCUT2D eigenvalue weighted by Crippen LogP contribution is -2.42. The van der Waals surface area contributed by atoms with Crippen molar-refractivity contribution >= 4 is 18.3 Å². The van der Waals surface area contributed by atoms with E-state index in [1.807, 2.05) is 21.0 Å². The lowest BCUT2D eigenvalue weighted by atomic mass is 10.3. The number of hydrazine groups is 1. The molecule has 0 aliphatic carbocycles. The minimum atomic E-state index is 0. The van der Waals surface area contributed by atoms with Crippen LogP contribution < -0.4 is 0 Å². The lowest BCUT2D eigenvalue weighted by Gasteiger charge is -2.28. The number of halogens is 1. The molecule has 0 heterocycles. The lowest BCUT2D eigenvalue weighted by molar-refractivity contribution is -0.140. The number of hydrogen-bond acceptors (Lipinski definition) is 2. The second-order valence-corrected chi connectivity index (χ2v) is 3.06. The first-order valence-corrected chi connectivity index (χ1v) is 4.15. The molecule has 78 valence electrons. The summed E-state index contributed by atoms with van der Waals surface area (Å²) in [5.41, 5.74) is 0.581. The molecule has 0 saturated carbocycles. The predicted octanol–water partition coefficient (Wildman–Crippen LogP) is 1.70. The molecule has 0 aromatic rings. The van der Waals surface area contributed by atoms with Gasteiger partial charge in [-0.3, -0.25) is 9.80 Å². The van der Waals surface area contributed by atoms with E-state index in [4.69, 9.17) is 0 Å². The van der Waals surface area contributed by atoms with Crippen LogP contribution in [0.4, 0.5) is 0 Å². The predicted molar refractivity (Wildman–Crippen MR) is 57.8 cm³/mol. The van der Waals surface area contributed by atoms with Crippen LogP contribution in [-0.4, -0.2) is 36.6 Å². The normalized spacial score (nSPS) is 9.31. The molecule has 0 aromatic heterocycles. The van der Waals surface area contributed by atoms with Gasteiger partial charge in [0.15, 0.2) is 0 Å². The van der Waals surface area contributed by atoms with Crippen molar-refractivity contribution in [2.75, 3.05) is 20.6 Å². The Morgan fingerprint density at radius 1 is 1.38 bits per heavy atom. The summed E-state index contributed by atoms with van der Waals surface area (Å²) in [5.74, 6) is 0.00171. The maximum Gasteiger partial charge on any atom is 0.263 e. The van der Waals surface area contributed by atoms with E-state index in [2.05, 4.69) is 6.58 Å². The van der Waals surface area contributed by atoms with Crippen LogP contribution in [0.2, 0.25) is 0 Å². The van der Waals surface area contributed by atoms with Crippen molar-refractivity contribution < 1.29 is 4.79 Å². The third kappa shape index (κ3) is 4.90. The van der Waals surface area contributed by atoms with Gasteiger partial charge >= 0.3 is 0 Å². The van der Waals surface area contributed by atoms with Crippen LogP contribution in [0.1, 0.15) is 20.3 Å². The van der Waals surface area contributed by atoms with Crippen molar-refractivity contribution in [2.24, 2.45) is 0 Å². The van der Waals surface area contributed by atoms with Crippen LogP contribution in [-0.2, 0) is 4.79 Å². The van der Waals surface area contributed by atoms with Crippen molar-refractivity contribution in [2.45, 2.75) is 20.3 Å². The number of hydrogen-bond donors (Lipinski definition) is 0. The van der Waals surface area contributed by atoms with Gasteiger partial charge in [0, 0.05) is 26.2 Å². The van der Waals surface area contributed by atoms with Gasteiger partial charge in [0.05, 0.1) is 0 Å². The molecular weight excluding hydrogens is 188 g/mol. The first-order chi connectivity index (χ1) is 5.50. The Bertz CT molecular complexity index is 180. The van der Waals surface area contributed by atoms with E-state index in [-0.39, 0.29) is 18.3 Å². The van der Waals surface area contributed by atoms with Crippen LogP contribution in [0, 0.1) is 0 Å². The molecule has 4 heteroatoms. The van der Waals surface area contributed by atoms with E-state index in [0.29, 0.717) is 5.57 Å². The fourth-order valence-electron chi connectivity index (χ4n) is 0.915. The minimum Gasteiger partial charge on any atom is -0.272 e. The highest BCUT2D eigenvalue weighted by molar-refractivity contribution is 5.91. The molecule has 0 aliphatic rings. The first-order valence-electron chi connectivity index (χ1n) is 4.15. The van der Waals surface area contributed by atoms with Gasteiger partial charge in [-0.15, -0.1) is 12.4 Å². The van der Waals surface area contributed by atoms with Crippen LogP contribution in [0.5, 0.6) is 0 Å². The minimum absolute atomic E-state index is 0. The van der Waals surface area contributed by atoms with Crippen molar-refractivity contribution in [3.63, 3.8) is 0 Å². The number of amides is 1. The van der Waals surface area contributed by atoms with E-state index in [0.717, 1.165) is 13.0 Å². The molecule has 0 spiro atoms. The molecule has 0 fully saturated rings. The Kier molecular flexibility index (Phi) is 7.96. The molecule has 1 amide bonds. The summed E-state index contributed by atoms with van der Waals surface area (Å²) in [6.07, 6.45) is 0.956. The van der Waals surface area contributed by atoms with Crippen molar-refractivity contribution in [3.8, 4) is 0 Å². The molecule has 0 N–H and O–H groups in total. The Morgan fingerprint density at radius 3 is 2.08 bits per heavy atom. The molecule has 3 nitrogen and oxygen atoms in total. The number of carbonyl (C=O) groups excluding carboxylic acids is 1. The standard InChI is InChI=1S/C9H18N2O.ClH/c1-6-7-11(10(4)5)9(12)8(2)3;/h2,6-7H2,1,3-5H3;1H. The fraction of sp³-hybridized carbons (Fsp3) is 0.667. The molecule has 0 rings (SSSR count). The highest BCUT2D eigenvalue weighted by Crippen LogP contribution is 2.01. The van der Waals surface area contributed by atoms with Crippen LogP contribution >= 0.6 is 12.4 Å². The highest BCUT2D eigenvalue weighted by atomic mass is 35.5. The summed E-state index contributed by atoms with van der Waals surface area (Å²) < 4.78 is 0. The fourth-order valence-corrected chi connectivity index (χ4v) is 0.915. The smallest absolute Gasteiger partial charge is 0.263 e. The molecule has 0 aromatic carbocycles. The Hall–Kier alpha value is -0.540. The molecule has 0 unspecified atom stereocenters. The van der Waals surface area contributed by atoms with Gasteiger partial charge in [-0.1, -0.05) is 13.5 Å². The zero-order chi connectivity index (χ0) is 9.72. The Labute approximate surface area is 86.8 Å². The second-order valence-electron chi connectivity index (χ2n) is 3.06. The summed E-state index contributed by atoms with van der Waals surface area (Å²) in [7, 11) is 3.72. The van der Waals surface area contributed by atoms with Gasteiger partial charge < -0.3 is 0 Å². The van der Waals surface area contributed by atoms with E-state index >= 15 is 0 Å². The second kappa shape index (κ2) is 6.92. The maximum atomic E-state index is 11.5. The third-order valence-electron chi connectivity index (χ3n) is 1.52. The maximum absolute atomic E-state index is 11.5. The Morgan fingerprint density at radius 2 is 1.85 bits per heavy atom. The average Bonchev–Trinajstić information content (AvgIpc) is 1.98. The zero-order valence-corrected chi connectivity index (χ0v) is 9.65. The van der Waals surface area contributed by atoms with E-state index in [1.165, 1.54) is 0 Å². The molecule has 0 bridgehead atoms. The number of carbonyl (C=O) groups is 1. The zero-order valence-electron chi connectivity index (χ0n) is 8.83. The molecule has 0 aliphatic heterocycles. The summed E-state index contributed by atoms with van der Waals surface area (Å²) in [5, 5.41) is 3.48. The molecular formula is C9H19ClN2O. The monoisotopic (exact) mass is 206 g/mol. The Balaban J connectivity index is 0. The van der Waals surface area contributed by atoms with Crippen molar-refractivity contribution in [1.29, 1.82) is 0 Å². The van der Waals surface area contributed by atoms with Gasteiger partial charge in [-0.25, -0.2) is 5.01 Å². The van der Waals surface area contributed by atoms with E-state index < -0.39 is 0 Å². The van der Waals surface area contributed by atoms with Gasteiger partial charge in [0.2, 0.25) is 0 Å². The SMILES string of the molecule is C=C(C)C(=O)N(CCC)N(C)C.Cl. The highest BCUT2D eigenvalue weighted by Gasteiger charge is 2.14. The number of nitrogens with zero attached hydrogens (tertiary/aromatic N) is 2. The number of rotatable bonds is 4. The van der Waals surface area contributed by atoms with Gasteiger partial charge in [-0.05, 0) is 13.3 Å². The summed E-state index contributed by atoms with van der Waals surface area (Å²) in [4.78, 5) is 11.5. The molecule has 13 heavy (non-hydrogen) atoms. The van der Waals surface area contributed by atoms with Crippen molar-refractivity contribution in [1.82, 2.24) is 10.0 Å². The van der Waals surface area contributed by atoms with Crippen LogP contribution in [0.15, 0.2) is 12.2 Å². The third-order valence-corrected chi connectivity index (χ3v) is 1.52. The largest absolute Gasteiger partial charge is 0.272 e. The van der Waals surface area contributed by atoms with Gasteiger partial charge in [0.25, 0.3) is 5.91 Å². The average molecular weight is 207 g/mol. The van der Waals surface area contributed by atoms with Crippen LogP contribution in [0.25, 0.3) is 0 Å². The summed E-state index contributed by atoms with van der Waals surface area (Å²) in [6.45, 7) is 8.15. The van der Waals surface area contributed by atoms with Crippen molar-refractivity contribution in [3.05, 3.63) is 12.2 Å². The van der Waals surface area contributed by atoms with Crippen LogP contribution in [0.3, 0.4) is 0 Å². The molecule has 0 atom stereocenters. The van der Waals surface area contributed by atoms with Gasteiger partial charge in [0.1, 0.15) is 0 Å². The topological polar surface area (TPSA) is 23.6 Å². The quantitative estimate of drug-likeness (QED) is 0.517. The van der Waals surface area contributed by atoms with E-state index in [1.54, 1.807) is 16.9 Å².